The van der Waals surface area contributed by atoms with Crippen LogP contribution in [0.25, 0.3) is 0 Å². The molecule has 1 aromatic heterocycles. The van der Waals surface area contributed by atoms with Crippen molar-refractivity contribution in [3.05, 3.63) is 30.1 Å². The Bertz CT molecular complexity index is 289. The zero-order chi connectivity index (χ0) is 10.8. The molecule has 0 amide bonds. The zero-order valence-corrected chi connectivity index (χ0v) is 10.1. The fraction of sp³-hybridized carbons (Fsp3) is 0.583. The van der Waals surface area contributed by atoms with Gasteiger partial charge in [0.1, 0.15) is 0 Å². The minimum absolute atomic E-state index is 0.0116. The summed E-state index contributed by atoms with van der Waals surface area (Å²) in [4.78, 5) is 3.99. The van der Waals surface area contributed by atoms with Crippen molar-refractivity contribution in [2.45, 2.75) is 39.0 Å². The van der Waals surface area contributed by atoms with Crippen molar-refractivity contribution in [3.8, 4) is 0 Å². The summed E-state index contributed by atoms with van der Waals surface area (Å²) in [6.45, 7) is 8.56. The van der Waals surface area contributed by atoms with Gasteiger partial charge in [0.2, 0.25) is 0 Å². The normalized spacial score (nSPS) is 16.4. The van der Waals surface area contributed by atoms with E-state index >= 15 is 0 Å². The lowest BCUT2D eigenvalue weighted by molar-refractivity contribution is 0.262. The Labute approximate surface area is 91.5 Å². The molecular formula is C12H18ClN. The molecular weight excluding hydrogens is 194 g/mol. The molecule has 0 aromatic carbocycles. The number of rotatable bonds is 2. The SMILES string of the molecule is CCC(Cl)(c1ccccn1)C(C)(C)C. The molecule has 0 aliphatic carbocycles. The first-order valence-electron chi connectivity index (χ1n) is 5.02. The third kappa shape index (κ3) is 1.93. The Morgan fingerprint density at radius 2 is 1.93 bits per heavy atom. The van der Waals surface area contributed by atoms with Crippen LogP contribution in [0.1, 0.15) is 39.8 Å². The standard InChI is InChI=1S/C12H18ClN/c1-5-12(13,11(2,3)4)10-8-6-7-9-14-10/h6-9H,5H2,1-4H3. The summed E-state index contributed by atoms with van der Waals surface area (Å²) >= 11 is 6.66. The first-order valence-corrected chi connectivity index (χ1v) is 5.40. The van der Waals surface area contributed by atoms with Crippen LogP contribution >= 0.6 is 11.6 Å². The van der Waals surface area contributed by atoms with Crippen LogP contribution in [0, 0.1) is 5.41 Å². The number of hydrogen-bond acceptors (Lipinski definition) is 1. The molecule has 2 heteroatoms. The maximum Gasteiger partial charge on any atom is 0.0910 e. The molecule has 0 bridgehead atoms. The lowest BCUT2D eigenvalue weighted by Crippen LogP contribution is -2.34. The van der Waals surface area contributed by atoms with Gasteiger partial charge in [0.15, 0.2) is 0 Å². The highest BCUT2D eigenvalue weighted by molar-refractivity contribution is 6.24. The Morgan fingerprint density at radius 3 is 2.29 bits per heavy atom. The van der Waals surface area contributed by atoms with E-state index in [2.05, 4.69) is 32.7 Å². The Kier molecular flexibility index (Phi) is 3.20. The molecule has 0 fully saturated rings. The molecule has 0 spiro atoms. The van der Waals surface area contributed by atoms with E-state index in [0.717, 1.165) is 12.1 Å². The highest BCUT2D eigenvalue weighted by atomic mass is 35.5. The number of alkyl halides is 1. The van der Waals surface area contributed by atoms with Crippen molar-refractivity contribution in [1.82, 2.24) is 4.98 Å². The second kappa shape index (κ2) is 3.90. The van der Waals surface area contributed by atoms with E-state index in [0.29, 0.717) is 0 Å². The number of pyridine rings is 1. The summed E-state index contributed by atoms with van der Waals surface area (Å²) in [5.41, 5.74) is 0.981. The van der Waals surface area contributed by atoms with E-state index in [4.69, 9.17) is 11.6 Å². The van der Waals surface area contributed by atoms with Gasteiger partial charge in [0, 0.05) is 6.20 Å². The number of aromatic nitrogens is 1. The van der Waals surface area contributed by atoms with Crippen molar-refractivity contribution in [2.24, 2.45) is 5.41 Å². The molecule has 1 heterocycles. The third-order valence-electron chi connectivity index (χ3n) is 2.75. The van der Waals surface area contributed by atoms with Crippen LogP contribution in [0.2, 0.25) is 0 Å². The molecule has 0 N–H and O–H groups in total. The van der Waals surface area contributed by atoms with Crippen LogP contribution in [0.4, 0.5) is 0 Å². The molecule has 1 nitrogen and oxygen atoms in total. The molecule has 78 valence electrons. The predicted octanol–water partition coefficient (Wildman–Crippen LogP) is 3.97. The Morgan fingerprint density at radius 1 is 1.29 bits per heavy atom. The average molecular weight is 212 g/mol. The molecule has 14 heavy (non-hydrogen) atoms. The second-order valence-electron chi connectivity index (χ2n) is 4.62. The second-order valence-corrected chi connectivity index (χ2v) is 5.26. The minimum atomic E-state index is -0.367. The van der Waals surface area contributed by atoms with E-state index in [1.165, 1.54) is 0 Å². The highest BCUT2D eigenvalue weighted by Gasteiger charge is 2.41. The first-order chi connectivity index (χ1) is 6.42. The lowest BCUT2D eigenvalue weighted by Gasteiger charge is -2.38. The van der Waals surface area contributed by atoms with Gasteiger partial charge < -0.3 is 0 Å². The Hall–Kier alpha value is -0.560. The largest absolute Gasteiger partial charge is 0.259 e. The van der Waals surface area contributed by atoms with Crippen LogP contribution < -0.4 is 0 Å². The molecule has 1 atom stereocenters. The number of hydrogen-bond donors (Lipinski definition) is 0. The van der Waals surface area contributed by atoms with Crippen LogP contribution in [-0.4, -0.2) is 4.98 Å². The van der Waals surface area contributed by atoms with Crippen molar-refractivity contribution in [3.63, 3.8) is 0 Å². The van der Waals surface area contributed by atoms with Crippen LogP contribution in [0.15, 0.2) is 24.4 Å². The van der Waals surface area contributed by atoms with E-state index in [1.807, 2.05) is 18.2 Å². The maximum absolute atomic E-state index is 6.66. The summed E-state index contributed by atoms with van der Waals surface area (Å²) in [5.74, 6) is 0. The van der Waals surface area contributed by atoms with E-state index in [1.54, 1.807) is 6.20 Å². The molecule has 0 radical (unpaired) electrons. The van der Waals surface area contributed by atoms with Gasteiger partial charge in [0.25, 0.3) is 0 Å². The molecule has 1 rings (SSSR count). The van der Waals surface area contributed by atoms with Crippen LogP contribution in [0.3, 0.4) is 0 Å². The minimum Gasteiger partial charge on any atom is -0.259 e. The van der Waals surface area contributed by atoms with Crippen molar-refractivity contribution >= 4 is 11.6 Å². The van der Waals surface area contributed by atoms with Gasteiger partial charge in [-0.1, -0.05) is 33.8 Å². The van der Waals surface area contributed by atoms with E-state index in [-0.39, 0.29) is 10.3 Å². The molecule has 0 saturated carbocycles. The molecule has 0 saturated heterocycles. The topological polar surface area (TPSA) is 12.9 Å². The number of nitrogens with zero attached hydrogens (tertiary/aromatic N) is 1. The van der Waals surface area contributed by atoms with Gasteiger partial charge in [-0.25, -0.2) is 0 Å². The quantitative estimate of drug-likeness (QED) is 0.675. The summed E-state index contributed by atoms with van der Waals surface area (Å²) in [6, 6.07) is 5.90. The fourth-order valence-corrected chi connectivity index (χ4v) is 1.80. The molecule has 1 unspecified atom stereocenters. The predicted molar refractivity (Wildman–Crippen MR) is 61.5 cm³/mol. The summed E-state index contributed by atoms with van der Waals surface area (Å²) in [7, 11) is 0. The van der Waals surface area contributed by atoms with Crippen LogP contribution in [-0.2, 0) is 4.87 Å². The molecule has 1 aromatic rings. The van der Waals surface area contributed by atoms with E-state index < -0.39 is 0 Å². The van der Waals surface area contributed by atoms with Crippen molar-refractivity contribution in [2.75, 3.05) is 0 Å². The van der Waals surface area contributed by atoms with Gasteiger partial charge >= 0.3 is 0 Å². The van der Waals surface area contributed by atoms with Gasteiger partial charge in [-0.2, -0.15) is 0 Å². The summed E-state index contributed by atoms with van der Waals surface area (Å²) < 4.78 is 0. The molecule has 0 aliphatic heterocycles. The fourth-order valence-electron chi connectivity index (χ4n) is 1.69. The van der Waals surface area contributed by atoms with Gasteiger partial charge in [0.05, 0.1) is 10.6 Å². The average Bonchev–Trinajstić information content (AvgIpc) is 2.16. The molecule has 0 aliphatic rings. The highest BCUT2D eigenvalue weighted by Crippen LogP contribution is 2.46. The number of halogens is 1. The lowest BCUT2D eigenvalue weighted by atomic mass is 9.76. The van der Waals surface area contributed by atoms with Gasteiger partial charge in [-0.3, -0.25) is 4.98 Å². The smallest absolute Gasteiger partial charge is 0.0910 e. The van der Waals surface area contributed by atoms with Gasteiger partial charge in [-0.05, 0) is 24.0 Å². The third-order valence-corrected chi connectivity index (χ3v) is 3.77. The monoisotopic (exact) mass is 211 g/mol. The van der Waals surface area contributed by atoms with E-state index in [9.17, 15) is 0 Å². The van der Waals surface area contributed by atoms with Crippen molar-refractivity contribution in [1.29, 1.82) is 0 Å². The summed E-state index contributed by atoms with van der Waals surface area (Å²) in [6.07, 6.45) is 2.68. The first kappa shape index (κ1) is 11.5. The Balaban J connectivity index is 3.15. The maximum atomic E-state index is 6.66. The summed E-state index contributed by atoms with van der Waals surface area (Å²) in [5, 5.41) is 0. The van der Waals surface area contributed by atoms with Crippen molar-refractivity contribution < 1.29 is 0 Å². The van der Waals surface area contributed by atoms with Gasteiger partial charge in [-0.15, -0.1) is 11.6 Å². The zero-order valence-electron chi connectivity index (χ0n) is 9.34. The van der Waals surface area contributed by atoms with Crippen LogP contribution in [0.5, 0.6) is 0 Å².